The van der Waals surface area contributed by atoms with Gasteiger partial charge in [-0.15, -0.1) is 0 Å². The van der Waals surface area contributed by atoms with Gasteiger partial charge in [-0.3, -0.25) is 14.4 Å². The summed E-state index contributed by atoms with van der Waals surface area (Å²) in [7, 11) is 2.95. The molecule has 0 aromatic heterocycles. The van der Waals surface area contributed by atoms with E-state index in [0.717, 1.165) is 6.42 Å². The van der Waals surface area contributed by atoms with Crippen LogP contribution in [0.25, 0.3) is 0 Å². The highest BCUT2D eigenvalue weighted by Gasteiger charge is 2.26. The Kier molecular flexibility index (Phi) is 12.4. The van der Waals surface area contributed by atoms with Gasteiger partial charge < -0.3 is 29.2 Å². The molecule has 1 heterocycles. The maximum absolute atomic E-state index is 13.3. The van der Waals surface area contributed by atoms with Crippen LogP contribution in [0.2, 0.25) is 0 Å². The van der Waals surface area contributed by atoms with E-state index in [0.29, 0.717) is 36.3 Å². The second-order valence-corrected chi connectivity index (χ2v) is 10.6. The van der Waals surface area contributed by atoms with Crippen LogP contribution < -0.4 is 14.8 Å². The average Bonchev–Trinajstić information content (AvgIpc) is 3.34. The fraction of sp³-hybridized carbons (Fsp3) is 0.324. The van der Waals surface area contributed by atoms with E-state index in [1.807, 2.05) is 0 Å². The zero-order valence-electron chi connectivity index (χ0n) is 26.3. The molecule has 13 nitrogen and oxygen atoms in total. The van der Waals surface area contributed by atoms with Gasteiger partial charge in [0.05, 0.1) is 11.1 Å². The van der Waals surface area contributed by atoms with Gasteiger partial charge in [-0.25, -0.2) is 19.4 Å². The largest absolute Gasteiger partial charge is 0.468 e. The molecule has 1 atom stereocenters. The smallest absolute Gasteiger partial charge is 0.453 e. The standard InChI is InChI=1S/C34H36N2O11/c1-22(37)26-13-16-30(45-21-43-3)29(18-26)31(38)23-7-9-25(10-8-23)33(40)46-47-34(41)36-17-5-4-6-27(19-36)35-32(39)24-11-14-28(15-12-24)44-20-42-2/h7-16,18,27H,4-6,17,19-21H2,1-3H3,(H,35,39). The molecule has 1 aliphatic heterocycles. The third-order valence-corrected chi connectivity index (χ3v) is 7.26. The number of amides is 2. The Morgan fingerprint density at radius 1 is 0.766 bits per heavy atom. The zero-order chi connectivity index (χ0) is 33.8. The SMILES string of the molecule is COCOc1ccc(C(=O)NC2CCCCN(C(=O)OOC(=O)c3ccc(C(=O)c4cc(C(C)=O)ccc4OCOC)cc3)C2)cc1. The van der Waals surface area contributed by atoms with E-state index in [4.69, 9.17) is 28.7 Å². The number of likely N-dealkylation sites (tertiary alicyclic amines) is 1. The van der Waals surface area contributed by atoms with Gasteiger partial charge in [0.25, 0.3) is 5.91 Å². The van der Waals surface area contributed by atoms with Crippen LogP contribution in [0.3, 0.4) is 0 Å². The van der Waals surface area contributed by atoms with Crippen molar-refractivity contribution in [2.75, 3.05) is 40.9 Å². The third kappa shape index (κ3) is 9.61. The number of hydrogen-bond acceptors (Lipinski definition) is 11. The highest BCUT2D eigenvalue weighted by Crippen LogP contribution is 2.25. The number of hydrogen-bond donors (Lipinski definition) is 1. The molecular formula is C34H36N2O11. The van der Waals surface area contributed by atoms with E-state index < -0.39 is 17.8 Å². The maximum atomic E-state index is 13.3. The summed E-state index contributed by atoms with van der Waals surface area (Å²) in [6.07, 6.45) is 1.21. The number of methoxy groups -OCH3 is 2. The van der Waals surface area contributed by atoms with Crippen molar-refractivity contribution >= 4 is 29.5 Å². The van der Waals surface area contributed by atoms with Gasteiger partial charge in [-0.2, -0.15) is 0 Å². The van der Waals surface area contributed by atoms with E-state index in [2.05, 4.69) is 5.32 Å². The number of carbonyl (C=O) groups excluding carboxylic acids is 5. The first-order valence-corrected chi connectivity index (χ1v) is 14.8. The van der Waals surface area contributed by atoms with Gasteiger partial charge in [0.2, 0.25) is 0 Å². The van der Waals surface area contributed by atoms with Crippen LogP contribution in [0.1, 0.15) is 73.2 Å². The van der Waals surface area contributed by atoms with Crippen molar-refractivity contribution in [2.45, 2.75) is 32.2 Å². The van der Waals surface area contributed by atoms with Crippen LogP contribution >= 0.6 is 0 Å². The van der Waals surface area contributed by atoms with E-state index in [1.165, 1.54) is 62.4 Å². The molecule has 1 saturated heterocycles. The van der Waals surface area contributed by atoms with Gasteiger partial charge in [-0.05, 0) is 80.8 Å². The minimum atomic E-state index is -0.947. The molecule has 248 valence electrons. The molecule has 3 aromatic carbocycles. The van der Waals surface area contributed by atoms with Gasteiger partial charge in [-0.1, -0.05) is 12.1 Å². The van der Waals surface area contributed by atoms with Gasteiger partial charge in [0, 0.05) is 50.0 Å². The van der Waals surface area contributed by atoms with Crippen molar-refractivity contribution in [1.29, 1.82) is 0 Å². The van der Waals surface area contributed by atoms with E-state index in [1.54, 1.807) is 30.3 Å². The quantitative estimate of drug-likeness (QED) is 0.127. The molecule has 0 spiro atoms. The van der Waals surface area contributed by atoms with Gasteiger partial charge >= 0.3 is 12.1 Å². The maximum Gasteiger partial charge on any atom is 0.453 e. The summed E-state index contributed by atoms with van der Waals surface area (Å²) in [6.45, 7) is 1.89. The molecule has 1 N–H and O–H groups in total. The monoisotopic (exact) mass is 648 g/mol. The molecule has 4 rings (SSSR count). The van der Waals surface area contributed by atoms with Gasteiger partial charge in [0.15, 0.2) is 25.2 Å². The summed E-state index contributed by atoms with van der Waals surface area (Å²) in [6, 6.07) is 16.2. The van der Waals surface area contributed by atoms with Crippen molar-refractivity contribution in [3.63, 3.8) is 0 Å². The first kappa shape index (κ1) is 34.6. The lowest BCUT2D eigenvalue weighted by Gasteiger charge is -2.23. The van der Waals surface area contributed by atoms with Crippen LogP contribution in [0.15, 0.2) is 66.7 Å². The summed E-state index contributed by atoms with van der Waals surface area (Å²) in [5, 5.41) is 2.94. The Hall–Kier alpha value is -5.27. The van der Waals surface area contributed by atoms with E-state index in [-0.39, 0.29) is 60.3 Å². The molecule has 0 saturated carbocycles. The second kappa shape index (κ2) is 16.9. The van der Waals surface area contributed by atoms with E-state index in [9.17, 15) is 24.0 Å². The molecule has 1 unspecified atom stereocenters. The van der Waals surface area contributed by atoms with Crippen LogP contribution in [0, 0.1) is 0 Å². The zero-order valence-corrected chi connectivity index (χ0v) is 26.3. The summed E-state index contributed by atoms with van der Waals surface area (Å²) >= 11 is 0. The molecule has 1 aliphatic rings. The Labute approximate surface area is 271 Å². The molecule has 0 aliphatic carbocycles. The summed E-state index contributed by atoms with van der Waals surface area (Å²) < 4.78 is 20.6. The predicted molar refractivity (Wildman–Crippen MR) is 166 cm³/mol. The number of nitrogens with zero attached hydrogens (tertiary/aromatic N) is 1. The summed E-state index contributed by atoms with van der Waals surface area (Å²) in [5.41, 5.74) is 1.16. The van der Waals surface area contributed by atoms with Crippen LogP contribution in [-0.4, -0.2) is 81.4 Å². The van der Waals surface area contributed by atoms with Crippen molar-refractivity contribution in [3.05, 3.63) is 94.5 Å². The van der Waals surface area contributed by atoms with E-state index >= 15 is 0 Å². The minimum absolute atomic E-state index is 0.0299. The number of carbonyl (C=O) groups is 5. The number of Topliss-reactive ketones (excluding diaryl/α,β-unsaturated/α-hetero) is 1. The lowest BCUT2D eigenvalue weighted by Crippen LogP contribution is -2.45. The third-order valence-electron chi connectivity index (χ3n) is 7.26. The summed E-state index contributed by atoms with van der Waals surface area (Å²) in [4.78, 5) is 74.4. The molecule has 0 radical (unpaired) electrons. The highest BCUT2D eigenvalue weighted by molar-refractivity contribution is 6.12. The highest BCUT2D eigenvalue weighted by atomic mass is 17.2. The molecular weight excluding hydrogens is 612 g/mol. The lowest BCUT2D eigenvalue weighted by atomic mass is 9.98. The van der Waals surface area contributed by atoms with Crippen molar-refractivity contribution in [3.8, 4) is 11.5 Å². The fourth-order valence-electron chi connectivity index (χ4n) is 4.79. The predicted octanol–water partition coefficient (Wildman–Crippen LogP) is 4.58. The Bertz CT molecular complexity index is 1570. The first-order valence-electron chi connectivity index (χ1n) is 14.8. The number of benzene rings is 3. The van der Waals surface area contributed by atoms with Crippen molar-refractivity contribution in [1.82, 2.24) is 10.2 Å². The second-order valence-electron chi connectivity index (χ2n) is 10.6. The van der Waals surface area contributed by atoms with Crippen LogP contribution in [-0.2, 0) is 19.2 Å². The molecule has 1 fully saturated rings. The minimum Gasteiger partial charge on any atom is -0.468 e. The number of nitrogens with one attached hydrogen (secondary N) is 1. The molecule has 2 amide bonds. The summed E-state index contributed by atoms with van der Waals surface area (Å²) in [5.74, 6) is -1.12. The number of ether oxygens (including phenoxy) is 4. The number of ketones is 2. The van der Waals surface area contributed by atoms with Crippen LogP contribution in [0.4, 0.5) is 4.79 Å². The first-order chi connectivity index (χ1) is 22.7. The van der Waals surface area contributed by atoms with Gasteiger partial charge in [0.1, 0.15) is 11.5 Å². The molecule has 13 heteroatoms. The number of rotatable bonds is 12. The van der Waals surface area contributed by atoms with Crippen molar-refractivity contribution < 1.29 is 52.7 Å². The van der Waals surface area contributed by atoms with Crippen LogP contribution in [0.5, 0.6) is 11.5 Å². The Morgan fingerprint density at radius 3 is 2.09 bits per heavy atom. The van der Waals surface area contributed by atoms with Crippen molar-refractivity contribution in [2.24, 2.45) is 0 Å². The normalized spacial score (nSPS) is 14.4. The fourth-order valence-corrected chi connectivity index (χ4v) is 4.79. The molecule has 47 heavy (non-hydrogen) atoms. The lowest BCUT2D eigenvalue weighted by molar-refractivity contribution is -0.192. The topological polar surface area (TPSA) is 156 Å². The molecule has 3 aromatic rings. The average molecular weight is 649 g/mol. The Morgan fingerprint density at radius 2 is 1.40 bits per heavy atom. The Balaban J connectivity index is 1.32. The molecule has 0 bridgehead atoms.